The van der Waals surface area contributed by atoms with Gasteiger partial charge in [0.25, 0.3) is 0 Å². The number of nitrogens with one attached hydrogen (secondary N) is 1. The van der Waals surface area contributed by atoms with Crippen molar-refractivity contribution in [2.45, 2.75) is 39.4 Å². The molecule has 0 radical (unpaired) electrons. The molecule has 1 aliphatic rings. The van der Waals surface area contributed by atoms with Crippen molar-refractivity contribution in [3.8, 4) is 0 Å². The maximum atomic E-state index is 4.27. The van der Waals surface area contributed by atoms with Gasteiger partial charge in [-0.05, 0) is 13.0 Å². The van der Waals surface area contributed by atoms with Crippen molar-refractivity contribution in [1.29, 1.82) is 0 Å². The Hall–Kier alpha value is -0.740. The van der Waals surface area contributed by atoms with Gasteiger partial charge in [0.1, 0.15) is 0 Å². The number of hydrogen-bond donors (Lipinski definition) is 1. The minimum atomic E-state index is 0.507. The number of thioether (sulfide) groups is 1. The summed E-state index contributed by atoms with van der Waals surface area (Å²) >= 11 is 2.05. The number of aromatic nitrogens is 1. The molecule has 1 aromatic heterocycles. The third kappa shape index (κ3) is 3.39. The molecular weight excluding hydrogens is 242 g/mol. The Morgan fingerprint density at radius 3 is 3.11 bits per heavy atom. The first-order valence-electron chi connectivity index (χ1n) is 6.69. The van der Waals surface area contributed by atoms with E-state index in [0.717, 1.165) is 13.1 Å². The molecule has 0 bridgehead atoms. The Bertz CT molecular complexity index is 381. The van der Waals surface area contributed by atoms with Gasteiger partial charge in [0.15, 0.2) is 0 Å². The molecule has 1 fully saturated rings. The van der Waals surface area contributed by atoms with Crippen LogP contribution in [0.5, 0.6) is 0 Å². The lowest BCUT2D eigenvalue weighted by Crippen LogP contribution is -2.41. The van der Waals surface area contributed by atoms with Crippen molar-refractivity contribution in [2.75, 3.05) is 23.0 Å². The van der Waals surface area contributed by atoms with Gasteiger partial charge in [-0.15, -0.1) is 0 Å². The Kier molecular flexibility index (Phi) is 4.89. The number of hydrogen-bond acceptors (Lipinski definition) is 4. The Labute approximate surface area is 114 Å². The van der Waals surface area contributed by atoms with E-state index in [1.165, 1.54) is 22.8 Å². The van der Waals surface area contributed by atoms with Gasteiger partial charge in [-0.2, -0.15) is 11.8 Å². The zero-order chi connectivity index (χ0) is 13.0. The van der Waals surface area contributed by atoms with E-state index >= 15 is 0 Å². The quantitative estimate of drug-likeness (QED) is 0.905. The van der Waals surface area contributed by atoms with Crippen LogP contribution >= 0.6 is 11.8 Å². The highest BCUT2D eigenvalue weighted by Gasteiger charge is 2.20. The van der Waals surface area contributed by atoms with Gasteiger partial charge in [-0.3, -0.25) is 4.98 Å². The molecule has 0 saturated carbocycles. The summed E-state index contributed by atoms with van der Waals surface area (Å²) in [5.74, 6) is 2.45. The third-order valence-corrected chi connectivity index (χ3v) is 4.45. The average Bonchev–Trinajstić information content (AvgIpc) is 2.37. The van der Waals surface area contributed by atoms with Gasteiger partial charge in [-0.25, -0.2) is 0 Å². The monoisotopic (exact) mass is 265 g/mol. The zero-order valence-corrected chi connectivity index (χ0v) is 12.3. The van der Waals surface area contributed by atoms with E-state index in [4.69, 9.17) is 0 Å². The van der Waals surface area contributed by atoms with Crippen molar-refractivity contribution < 1.29 is 0 Å². The van der Waals surface area contributed by atoms with Crippen LogP contribution in [0.15, 0.2) is 18.5 Å². The molecule has 1 aliphatic heterocycles. The highest BCUT2D eigenvalue weighted by molar-refractivity contribution is 7.99. The highest BCUT2D eigenvalue weighted by atomic mass is 32.2. The summed E-state index contributed by atoms with van der Waals surface area (Å²) in [5.41, 5.74) is 2.66. The predicted octanol–water partition coefficient (Wildman–Crippen LogP) is 2.52. The van der Waals surface area contributed by atoms with Gasteiger partial charge in [0.2, 0.25) is 0 Å². The zero-order valence-electron chi connectivity index (χ0n) is 11.5. The standard InChI is InChI=1S/C14H23N3S/c1-11(2)16-9-13-8-15-5-4-14(13)17-6-7-18-10-12(17)3/h4-5,8,11-12,16H,6-7,9-10H2,1-3H3. The summed E-state index contributed by atoms with van der Waals surface area (Å²) in [4.78, 5) is 6.79. The van der Waals surface area contributed by atoms with Crippen LogP contribution in [0.25, 0.3) is 0 Å². The molecule has 100 valence electrons. The minimum Gasteiger partial charge on any atom is -0.367 e. The summed E-state index contributed by atoms with van der Waals surface area (Å²) < 4.78 is 0. The maximum absolute atomic E-state index is 4.27. The normalized spacial score (nSPS) is 20.4. The van der Waals surface area contributed by atoms with Crippen LogP contribution in [-0.2, 0) is 6.54 Å². The largest absolute Gasteiger partial charge is 0.367 e. The van der Waals surface area contributed by atoms with E-state index in [1.54, 1.807) is 0 Å². The SMILES string of the molecule is CC(C)NCc1cnccc1N1CCSCC1C. The smallest absolute Gasteiger partial charge is 0.0445 e. The number of rotatable bonds is 4. The molecule has 0 aliphatic carbocycles. The number of nitrogens with zero attached hydrogens (tertiary/aromatic N) is 2. The molecule has 4 heteroatoms. The molecule has 1 unspecified atom stereocenters. The Morgan fingerprint density at radius 2 is 2.39 bits per heavy atom. The molecule has 1 aromatic rings. The van der Waals surface area contributed by atoms with E-state index in [-0.39, 0.29) is 0 Å². The summed E-state index contributed by atoms with van der Waals surface area (Å²) in [6, 6.07) is 3.28. The van der Waals surface area contributed by atoms with Gasteiger partial charge < -0.3 is 10.2 Å². The van der Waals surface area contributed by atoms with Crippen LogP contribution < -0.4 is 10.2 Å². The summed E-state index contributed by atoms with van der Waals surface area (Å²) in [6.45, 7) is 8.71. The fourth-order valence-corrected chi connectivity index (χ4v) is 3.25. The molecule has 1 saturated heterocycles. The summed E-state index contributed by atoms with van der Waals surface area (Å²) in [7, 11) is 0. The van der Waals surface area contributed by atoms with E-state index in [0.29, 0.717) is 12.1 Å². The fraction of sp³-hybridized carbons (Fsp3) is 0.643. The van der Waals surface area contributed by atoms with E-state index in [1.807, 2.05) is 12.4 Å². The second-order valence-electron chi connectivity index (χ2n) is 5.16. The first-order valence-corrected chi connectivity index (χ1v) is 7.84. The first-order chi connectivity index (χ1) is 8.68. The van der Waals surface area contributed by atoms with Crippen LogP contribution in [0.4, 0.5) is 5.69 Å². The lowest BCUT2D eigenvalue weighted by atomic mass is 10.1. The molecular formula is C14H23N3S. The Balaban J connectivity index is 2.15. The van der Waals surface area contributed by atoms with Gasteiger partial charge in [0.05, 0.1) is 0 Å². The van der Waals surface area contributed by atoms with E-state index in [2.05, 4.69) is 53.8 Å². The molecule has 18 heavy (non-hydrogen) atoms. The topological polar surface area (TPSA) is 28.2 Å². The van der Waals surface area contributed by atoms with Crippen molar-refractivity contribution in [3.63, 3.8) is 0 Å². The molecule has 1 atom stereocenters. The number of anilines is 1. The second kappa shape index (κ2) is 6.43. The number of pyridine rings is 1. The predicted molar refractivity (Wildman–Crippen MR) is 80.3 cm³/mol. The summed E-state index contributed by atoms with van der Waals surface area (Å²) in [5, 5.41) is 3.48. The van der Waals surface area contributed by atoms with Crippen molar-refractivity contribution >= 4 is 17.4 Å². The molecule has 0 aromatic carbocycles. The van der Waals surface area contributed by atoms with Crippen molar-refractivity contribution in [1.82, 2.24) is 10.3 Å². The second-order valence-corrected chi connectivity index (χ2v) is 6.31. The first kappa shape index (κ1) is 13.7. The van der Waals surface area contributed by atoms with Gasteiger partial charge in [-0.1, -0.05) is 13.8 Å². The molecule has 2 heterocycles. The van der Waals surface area contributed by atoms with Crippen LogP contribution in [0, 0.1) is 0 Å². The molecule has 0 spiro atoms. The lowest BCUT2D eigenvalue weighted by molar-refractivity contribution is 0.585. The average molecular weight is 265 g/mol. The van der Waals surface area contributed by atoms with E-state index < -0.39 is 0 Å². The lowest BCUT2D eigenvalue weighted by Gasteiger charge is -2.36. The van der Waals surface area contributed by atoms with E-state index in [9.17, 15) is 0 Å². The highest BCUT2D eigenvalue weighted by Crippen LogP contribution is 2.26. The molecule has 2 rings (SSSR count). The fourth-order valence-electron chi connectivity index (χ4n) is 2.24. The van der Waals surface area contributed by atoms with Gasteiger partial charge >= 0.3 is 0 Å². The van der Waals surface area contributed by atoms with Crippen LogP contribution in [0.1, 0.15) is 26.3 Å². The van der Waals surface area contributed by atoms with Gasteiger partial charge in [0, 0.05) is 60.3 Å². The molecule has 3 nitrogen and oxygen atoms in total. The minimum absolute atomic E-state index is 0.507. The van der Waals surface area contributed by atoms with Crippen LogP contribution in [-0.4, -0.2) is 35.1 Å². The Morgan fingerprint density at radius 1 is 1.56 bits per heavy atom. The third-order valence-electron chi connectivity index (χ3n) is 3.26. The van der Waals surface area contributed by atoms with Crippen molar-refractivity contribution in [3.05, 3.63) is 24.0 Å². The van der Waals surface area contributed by atoms with Crippen LogP contribution in [0.2, 0.25) is 0 Å². The summed E-state index contributed by atoms with van der Waals surface area (Å²) in [6.07, 6.45) is 3.90. The maximum Gasteiger partial charge on any atom is 0.0445 e. The molecule has 1 N–H and O–H groups in total. The molecule has 0 amide bonds. The van der Waals surface area contributed by atoms with Crippen LogP contribution in [0.3, 0.4) is 0 Å². The van der Waals surface area contributed by atoms with Crippen molar-refractivity contribution in [2.24, 2.45) is 0 Å².